The second-order valence-electron chi connectivity index (χ2n) is 6.35. The van der Waals surface area contributed by atoms with Crippen LogP contribution < -0.4 is 5.32 Å². The van der Waals surface area contributed by atoms with Gasteiger partial charge in [-0.15, -0.1) is 0 Å². The maximum absolute atomic E-state index is 13.2. The Morgan fingerprint density at radius 3 is 2.26 bits per heavy atom. The third-order valence-corrected chi connectivity index (χ3v) is 4.69. The first-order valence-electron chi connectivity index (χ1n) is 8.44. The first-order valence-corrected chi connectivity index (χ1v) is 8.44. The van der Waals surface area contributed by atoms with Gasteiger partial charge in [0.25, 0.3) is 5.91 Å². The highest BCUT2D eigenvalue weighted by Gasteiger charge is 2.67. The van der Waals surface area contributed by atoms with Gasteiger partial charge in [-0.2, -0.15) is 0 Å². The Bertz CT molecular complexity index is 812. The molecule has 1 heterocycles. The van der Waals surface area contributed by atoms with Crippen LogP contribution in [0.5, 0.6) is 0 Å². The summed E-state index contributed by atoms with van der Waals surface area (Å²) >= 11 is 0. The van der Waals surface area contributed by atoms with Crippen molar-refractivity contribution in [3.05, 3.63) is 71.8 Å². The molecular weight excluding hydrogens is 350 g/mol. The molecule has 7 heteroatoms. The molecule has 1 saturated heterocycles. The number of Topliss-reactive ketones (excluding diaryl/α,β-unsaturated/α-hetero) is 1. The van der Waals surface area contributed by atoms with Crippen molar-refractivity contribution in [2.24, 2.45) is 0 Å². The van der Waals surface area contributed by atoms with E-state index in [1.807, 2.05) is 18.2 Å². The van der Waals surface area contributed by atoms with Crippen LogP contribution in [0.2, 0.25) is 0 Å². The van der Waals surface area contributed by atoms with Gasteiger partial charge in [-0.1, -0.05) is 60.7 Å². The number of amides is 1. The molecule has 0 aliphatic carbocycles. The second-order valence-corrected chi connectivity index (χ2v) is 6.35. The van der Waals surface area contributed by atoms with Crippen LogP contribution >= 0.6 is 0 Å². The van der Waals surface area contributed by atoms with Gasteiger partial charge in [0.05, 0.1) is 13.2 Å². The Hall–Kier alpha value is -2.58. The predicted octanol–water partition coefficient (Wildman–Crippen LogP) is 0.651. The number of carbonyl (C=O) groups is 2. The molecule has 3 rings (SSSR count). The zero-order valence-corrected chi connectivity index (χ0v) is 14.8. The van der Waals surface area contributed by atoms with E-state index in [2.05, 4.69) is 5.32 Å². The summed E-state index contributed by atoms with van der Waals surface area (Å²) in [6, 6.07) is 17.3. The summed E-state index contributed by atoms with van der Waals surface area (Å²) in [4.78, 5) is 25.6. The first-order chi connectivity index (χ1) is 13.0. The molecule has 1 amide bonds. The molecule has 0 radical (unpaired) electrons. The number of benzene rings is 2. The van der Waals surface area contributed by atoms with Crippen molar-refractivity contribution in [1.29, 1.82) is 0 Å². The van der Waals surface area contributed by atoms with E-state index in [-0.39, 0.29) is 12.2 Å². The zero-order chi connectivity index (χ0) is 19.5. The standard InChI is InChI=1S/C20H21NO6/c1-26-20(16(23)15-10-6-3-7-11-15)17(19(25,13-22)18(24)21-20)27-12-14-8-4-2-5-9-14/h2-11,17,22,25H,12-13H2,1H3,(H,21,24)/t17?,19-,20-/m1/s1. The molecule has 0 spiro atoms. The maximum atomic E-state index is 13.2. The van der Waals surface area contributed by atoms with Gasteiger partial charge in [0.15, 0.2) is 11.7 Å². The van der Waals surface area contributed by atoms with Crippen molar-refractivity contribution >= 4 is 11.7 Å². The molecule has 2 aromatic carbocycles. The van der Waals surface area contributed by atoms with Gasteiger partial charge in [0.2, 0.25) is 11.5 Å². The van der Waals surface area contributed by atoms with E-state index in [4.69, 9.17) is 9.47 Å². The number of rotatable bonds is 7. The lowest BCUT2D eigenvalue weighted by molar-refractivity contribution is -0.177. The smallest absolute Gasteiger partial charge is 0.260 e. The van der Waals surface area contributed by atoms with Gasteiger partial charge in [0.1, 0.15) is 0 Å². The fourth-order valence-corrected chi connectivity index (χ4v) is 3.19. The number of methoxy groups -OCH3 is 1. The van der Waals surface area contributed by atoms with Crippen LogP contribution in [-0.2, 0) is 20.9 Å². The van der Waals surface area contributed by atoms with E-state index in [0.29, 0.717) is 0 Å². The molecule has 0 bridgehead atoms. The van der Waals surface area contributed by atoms with E-state index in [0.717, 1.165) is 5.56 Å². The molecule has 27 heavy (non-hydrogen) atoms. The van der Waals surface area contributed by atoms with Crippen LogP contribution in [0.4, 0.5) is 0 Å². The lowest BCUT2D eigenvalue weighted by atomic mass is 9.89. The minimum Gasteiger partial charge on any atom is -0.393 e. The monoisotopic (exact) mass is 371 g/mol. The van der Waals surface area contributed by atoms with Crippen molar-refractivity contribution in [2.45, 2.75) is 24.0 Å². The Kier molecular flexibility index (Phi) is 5.38. The van der Waals surface area contributed by atoms with Gasteiger partial charge in [-0.05, 0) is 5.56 Å². The summed E-state index contributed by atoms with van der Waals surface area (Å²) in [7, 11) is 1.24. The summed E-state index contributed by atoms with van der Waals surface area (Å²) in [6.07, 6.45) is -1.46. The molecule has 1 aliphatic heterocycles. The van der Waals surface area contributed by atoms with E-state index < -0.39 is 35.7 Å². The van der Waals surface area contributed by atoms with Crippen LogP contribution in [0.3, 0.4) is 0 Å². The summed E-state index contributed by atoms with van der Waals surface area (Å²) in [6.45, 7) is -0.915. The van der Waals surface area contributed by atoms with Gasteiger partial charge in [-0.3, -0.25) is 9.59 Å². The Labute approximate surface area is 156 Å². The van der Waals surface area contributed by atoms with Crippen LogP contribution in [-0.4, -0.2) is 53.1 Å². The van der Waals surface area contributed by atoms with Gasteiger partial charge < -0.3 is 25.0 Å². The number of carbonyl (C=O) groups excluding carboxylic acids is 2. The number of ketones is 1. The van der Waals surface area contributed by atoms with Crippen molar-refractivity contribution in [3.8, 4) is 0 Å². The van der Waals surface area contributed by atoms with Crippen molar-refractivity contribution in [1.82, 2.24) is 5.32 Å². The van der Waals surface area contributed by atoms with Crippen LogP contribution in [0.15, 0.2) is 60.7 Å². The van der Waals surface area contributed by atoms with E-state index >= 15 is 0 Å². The van der Waals surface area contributed by atoms with Crippen molar-refractivity contribution in [3.63, 3.8) is 0 Å². The molecule has 142 valence electrons. The van der Waals surface area contributed by atoms with Crippen LogP contribution in [0.1, 0.15) is 15.9 Å². The van der Waals surface area contributed by atoms with E-state index in [1.54, 1.807) is 42.5 Å². The lowest BCUT2D eigenvalue weighted by Gasteiger charge is -2.35. The summed E-state index contributed by atoms with van der Waals surface area (Å²) < 4.78 is 11.2. The molecular formula is C20H21NO6. The predicted molar refractivity (Wildman–Crippen MR) is 95.7 cm³/mol. The van der Waals surface area contributed by atoms with Gasteiger partial charge in [0, 0.05) is 12.7 Å². The SMILES string of the molecule is CO[C@@]1(C(=O)c2ccccc2)NC(=O)[C@@](O)(CO)C1OCc1ccccc1. The first kappa shape index (κ1) is 19.2. The number of nitrogens with one attached hydrogen (secondary N) is 1. The minimum absolute atomic E-state index is 0.00988. The van der Waals surface area contributed by atoms with Crippen molar-refractivity contribution in [2.75, 3.05) is 13.7 Å². The Balaban J connectivity index is 1.99. The lowest BCUT2D eigenvalue weighted by Crippen LogP contribution is -2.61. The molecule has 0 aromatic heterocycles. The average Bonchev–Trinajstić information content (AvgIpc) is 2.95. The van der Waals surface area contributed by atoms with Gasteiger partial charge >= 0.3 is 0 Å². The van der Waals surface area contributed by atoms with Crippen LogP contribution in [0, 0.1) is 0 Å². The molecule has 0 saturated carbocycles. The number of hydrogen-bond donors (Lipinski definition) is 3. The molecule has 3 N–H and O–H groups in total. The minimum atomic E-state index is -2.32. The van der Waals surface area contributed by atoms with E-state index in [9.17, 15) is 19.8 Å². The molecule has 1 aliphatic rings. The summed E-state index contributed by atoms with van der Waals surface area (Å²) in [5.41, 5.74) is -3.25. The topological polar surface area (TPSA) is 105 Å². The third kappa shape index (κ3) is 3.26. The zero-order valence-electron chi connectivity index (χ0n) is 14.8. The average molecular weight is 371 g/mol. The van der Waals surface area contributed by atoms with E-state index in [1.165, 1.54) is 7.11 Å². The number of aliphatic hydroxyl groups excluding tert-OH is 1. The maximum Gasteiger partial charge on any atom is 0.260 e. The number of hydrogen-bond acceptors (Lipinski definition) is 6. The fraction of sp³-hybridized carbons (Fsp3) is 0.300. The fourth-order valence-electron chi connectivity index (χ4n) is 3.19. The Morgan fingerprint density at radius 1 is 1.11 bits per heavy atom. The Morgan fingerprint density at radius 2 is 1.70 bits per heavy atom. The highest BCUT2D eigenvalue weighted by molar-refractivity contribution is 6.08. The van der Waals surface area contributed by atoms with Gasteiger partial charge in [-0.25, -0.2) is 0 Å². The molecule has 7 nitrogen and oxygen atoms in total. The van der Waals surface area contributed by atoms with Crippen LogP contribution in [0.25, 0.3) is 0 Å². The molecule has 1 fully saturated rings. The normalized spacial score (nSPS) is 27.4. The molecule has 2 aromatic rings. The summed E-state index contributed by atoms with van der Waals surface area (Å²) in [5.74, 6) is -1.52. The largest absolute Gasteiger partial charge is 0.393 e. The molecule has 3 atom stereocenters. The van der Waals surface area contributed by atoms with Crippen molar-refractivity contribution < 1.29 is 29.3 Å². The summed E-state index contributed by atoms with van der Waals surface area (Å²) in [5, 5.41) is 22.8. The number of aliphatic hydroxyl groups is 2. The highest BCUT2D eigenvalue weighted by atomic mass is 16.6. The third-order valence-electron chi connectivity index (χ3n) is 4.69. The molecule has 1 unspecified atom stereocenters. The quantitative estimate of drug-likeness (QED) is 0.618. The highest BCUT2D eigenvalue weighted by Crippen LogP contribution is 2.36. The second kappa shape index (κ2) is 7.58. The number of ether oxygens (including phenoxy) is 2.